The summed E-state index contributed by atoms with van der Waals surface area (Å²) in [5, 5.41) is 0. The predicted molar refractivity (Wildman–Crippen MR) is 39.1 cm³/mol. The molecule has 0 aliphatic heterocycles. The lowest BCUT2D eigenvalue weighted by atomic mass is 10.4. The van der Waals surface area contributed by atoms with Crippen LogP contribution in [0.4, 0.5) is 5.82 Å². The Morgan fingerprint density at radius 1 is 1.60 bits per heavy atom. The van der Waals surface area contributed by atoms with E-state index in [2.05, 4.69) is 9.97 Å². The minimum absolute atomic E-state index is 0.411. The molecule has 0 saturated heterocycles. The summed E-state index contributed by atoms with van der Waals surface area (Å²) in [6.07, 6.45) is 1.59. The number of aromatic nitrogens is 2. The standard InChI is InChI=1S/C6H10N4/c1-4-6(8)9-3-5(2-7)10-4/h3H,2,7H2,1H3,(H2,8,9). The smallest absolute Gasteiger partial charge is 0.144 e. The van der Waals surface area contributed by atoms with Gasteiger partial charge in [-0.25, -0.2) is 4.98 Å². The van der Waals surface area contributed by atoms with Gasteiger partial charge >= 0.3 is 0 Å². The molecule has 0 spiro atoms. The van der Waals surface area contributed by atoms with Gasteiger partial charge in [0.2, 0.25) is 0 Å². The lowest BCUT2D eigenvalue weighted by Crippen LogP contribution is -2.04. The summed E-state index contributed by atoms with van der Waals surface area (Å²) in [5.74, 6) is 0.470. The molecule has 0 aliphatic carbocycles. The number of nitrogens with zero attached hydrogens (tertiary/aromatic N) is 2. The SMILES string of the molecule is Cc1nc(CN)cnc1N. The van der Waals surface area contributed by atoms with Crippen LogP contribution in [0.2, 0.25) is 0 Å². The van der Waals surface area contributed by atoms with Crippen molar-refractivity contribution >= 4 is 5.82 Å². The Morgan fingerprint density at radius 2 is 2.30 bits per heavy atom. The molecule has 0 unspecified atom stereocenters. The lowest BCUT2D eigenvalue weighted by molar-refractivity contribution is 0.944. The topological polar surface area (TPSA) is 77.8 Å². The van der Waals surface area contributed by atoms with Gasteiger partial charge in [0, 0.05) is 6.54 Å². The molecule has 0 aliphatic rings. The Kier molecular flexibility index (Phi) is 1.82. The Balaban J connectivity index is 3.04. The van der Waals surface area contributed by atoms with Crippen LogP contribution in [0.15, 0.2) is 6.20 Å². The molecule has 1 heterocycles. The van der Waals surface area contributed by atoms with E-state index in [-0.39, 0.29) is 0 Å². The van der Waals surface area contributed by atoms with Crippen LogP contribution in [0.3, 0.4) is 0 Å². The minimum atomic E-state index is 0.411. The Hall–Kier alpha value is -1.16. The van der Waals surface area contributed by atoms with E-state index in [1.165, 1.54) is 0 Å². The van der Waals surface area contributed by atoms with Gasteiger partial charge in [0.1, 0.15) is 5.82 Å². The van der Waals surface area contributed by atoms with Crippen molar-refractivity contribution in [2.75, 3.05) is 5.73 Å². The van der Waals surface area contributed by atoms with Crippen LogP contribution >= 0.6 is 0 Å². The normalized spacial score (nSPS) is 9.80. The van der Waals surface area contributed by atoms with Crippen LogP contribution in [0.5, 0.6) is 0 Å². The summed E-state index contributed by atoms with van der Waals surface area (Å²) in [5.41, 5.74) is 12.3. The van der Waals surface area contributed by atoms with Gasteiger partial charge < -0.3 is 11.5 Å². The van der Waals surface area contributed by atoms with E-state index in [0.29, 0.717) is 12.4 Å². The fourth-order valence-electron chi connectivity index (χ4n) is 0.637. The first-order chi connectivity index (χ1) is 4.74. The quantitative estimate of drug-likeness (QED) is 0.564. The molecule has 0 saturated carbocycles. The highest BCUT2D eigenvalue weighted by Gasteiger charge is 1.96. The van der Waals surface area contributed by atoms with E-state index >= 15 is 0 Å². The summed E-state index contributed by atoms with van der Waals surface area (Å²) >= 11 is 0. The average molecular weight is 138 g/mol. The van der Waals surface area contributed by atoms with E-state index in [9.17, 15) is 0 Å². The van der Waals surface area contributed by atoms with Gasteiger partial charge in [0.25, 0.3) is 0 Å². The summed E-state index contributed by atoms with van der Waals surface area (Å²) in [6, 6.07) is 0. The van der Waals surface area contributed by atoms with Gasteiger partial charge in [-0.05, 0) is 6.92 Å². The Labute approximate surface area is 59.3 Å². The number of aryl methyl sites for hydroxylation is 1. The molecule has 0 fully saturated rings. The van der Waals surface area contributed by atoms with Crippen molar-refractivity contribution in [2.24, 2.45) is 5.73 Å². The maximum Gasteiger partial charge on any atom is 0.144 e. The highest BCUT2D eigenvalue weighted by Crippen LogP contribution is 2.02. The average Bonchev–Trinajstić information content (AvgIpc) is 1.95. The largest absolute Gasteiger partial charge is 0.382 e. The molecule has 1 aromatic rings. The summed E-state index contributed by atoms with van der Waals surface area (Å²) < 4.78 is 0. The van der Waals surface area contributed by atoms with E-state index in [0.717, 1.165) is 11.4 Å². The molecule has 1 aromatic heterocycles. The van der Waals surface area contributed by atoms with Gasteiger partial charge in [-0.3, -0.25) is 4.98 Å². The molecule has 4 nitrogen and oxygen atoms in total. The molecule has 0 amide bonds. The van der Waals surface area contributed by atoms with Crippen LogP contribution in [0.25, 0.3) is 0 Å². The monoisotopic (exact) mass is 138 g/mol. The van der Waals surface area contributed by atoms with E-state index in [1.54, 1.807) is 6.20 Å². The second kappa shape index (κ2) is 2.62. The highest BCUT2D eigenvalue weighted by molar-refractivity contribution is 5.32. The summed E-state index contributed by atoms with van der Waals surface area (Å²) in [6.45, 7) is 2.22. The van der Waals surface area contributed by atoms with Gasteiger partial charge in [0.05, 0.1) is 17.6 Å². The van der Waals surface area contributed by atoms with Crippen molar-refractivity contribution in [1.29, 1.82) is 0 Å². The van der Waals surface area contributed by atoms with Crippen LogP contribution in [0, 0.1) is 6.92 Å². The van der Waals surface area contributed by atoms with Crippen molar-refractivity contribution in [3.63, 3.8) is 0 Å². The first-order valence-electron chi connectivity index (χ1n) is 3.02. The molecule has 0 aromatic carbocycles. The Morgan fingerprint density at radius 3 is 2.80 bits per heavy atom. The van der Waals surface area contributed by atoms with Crippen LogP contribution in [-0.2, 0) is 6.54 Å². The molecule has 10 heavy (non-hydrogen) atoms. The maximum atomic E-state index is 5.43. The number of hydrogen-bond donors (Lipinski definition) is 2. The number of hydrogen-bond acceptors (Lipinski definition) is 4. The van der Waals surface area contributed by atoms with E-state index < -0.39 is 0 Å². The third-order valence-electron chi connectivity index (χ3n) is 1.24. The predicted octanol–water partition coefficient (Wildman–Crippen LogP) is -0.174. The van der Waals surface area contributed by atoms with Gasteiger partial charge in [-0.15, -0.1) is 0 Å². The zero-order chi connectivity index (χ0) is 7.56. The highest BCUT2D eigenvalue weighted by atomic mass is 14.9. The van der Waals surface area contributed by atoms with Crippen molar-refractivity contribution in [1.82, 2.24) is 9.97 Å². The maximum absolute atomic E-state index is 5.43. The lowest BCUT2D eigenvalue weighted by Gasteiger charge is -1.98. The molecule has 0 radical (unpaired) electrons. The summed E-state index contributed by atoms with van der Waals surface area (Å²) in [4.78, 5) is 7.96. The molecular formula is C6H10N4. The van der Waals surface area contributed by atoms with Crippen molar-refractivity contribution in [2.45, 2.75) is 13.5 Å². The first-order valence-corrected chi connectivity index (χ1v) is 3.02. The second-order valence-electron chi connectivity index (χ2n) is 2.04. The molecule has 0 bridgehead atoms. The van der Waals surface area contributed by atoms with Gasteiger partial charge in [-0.1, -0.05) is 0 Å². The number of rotatable bonds is 1. The Bertz CT molecular complexity index is 233. The van der Waals surface area contributed by atoms with E-state index in [1.807, 2.05) is 6.92 Å². The molecule has 1 rings (SSSR count). The third kappa shape index (κ3) is 1.22. The molecule has 54 valence electrons. The van der Waals surface area contributed by atoms with Crippen molar-refractivity contribution in [3.8, 4) is 0 Å². The molecule has 0 atom stereocenters. The van der Waals surface area contributed by atoms with E-state index in [4.69, 9.17) is 11.5 Å². The number of nitrogens with two attached hydrogens (primary N) is 2. The molecule has 4 N–H and O–H groups in total. The first kappa shape index (κ1) is 6.95. The van der Waals surface area contributed by atoms with Crippen molar-refractivity contribution in [3.05, 3.63) is 17.6 Å². The van der Waals surface area contributed by atoms with Crippen LogP contribution in [0.1, 0.15) is 11.4 Å². The fraction of sp³-hybridized carbons (Fsp3) is 0.333. The second-order valence-corrected chi connectivity index (χ2v) is 2.04. The van der Waals surface area contributed by atoms with Gasteiger partial charge in [0.15, 0.2) is 0 Å². The minimum Gasteiger partial charge on any atom is -0.382 e. The molecule has 4 heteroatoms. The third-order valence-corrected chi connectivity index (χ3v) is 1.24. The fourth-order valence-corrected chi connectivity index (χ4v) is 0.637. The molecular weight excluding hydrogens is 128 g/mol. The number of nitrogen functional groups attached to an aromatic ring is 1. The van der Waals surface area contributed by atoms with Crippen LogP contribution < -0.4 is 11.5 Å². The zero-order valence-corrected chi connectivity index (χ0v) is 5.83. The zero-order valence-electron chi connectivity index (χ0n) is 5.83. The van der Waals surface area contributed by atoms with Gasteiger partial charge in [-0.2, -0.15) is 0 Å². The van der Waals surface area contributed by atoms with Crippen molar-refractivity contribution < 1.29 is 0 Å². The number of anilines is 1. The summed E-state index contributed by atoms with van der Waals surface area (Å²) in [7, 11) is 0. The van der Waals surface area contributed by atoms with Crippen LogP contribution in [-0.4, -0.2) is 9.97 Å².